The van der Waals surface area contributed by atoms with E-state index in [1.807, 2.05) is 0 Å². The highest BCUT2D eigenvalue weighted by Gasteiger charge is 2.36. The van der Waals surface area contributed by atoms with Gasteiger partial charge < -0.3 is 0 Å². The Morgan fingerprint density at radius 1 is 0.583 bits per heavy atom. The predicted octanol–water partition coefficient (Wildman–Crippen LogP) is 0.853. The van der Waals surface area contributed by atoms with E-state index in [1.54, 1.807) is 13.8 Å². The summed E-state index contributed by atoms with van der Waals surface area (Å²) in [4.78, 5) is 0. The Labute approximate surface area is 144 Å². The highest BCUT2D eigenvalue weighted by Crippen LogP contribution is 2.18. The Morgan fingerprint density at radius 2 is 0.833 bits per heavy atom. The second-order valence-electron chi connectivity index (χ2n) is 5.65. The lowest BCUT2D eigenvalue weighted by molar-refractivity contribution is 0.569. The van der Waals surface area contributed by atoms with Crippen molar-refractivity contribution in [2.24, 2.45) is 0 Å². The SMILES string of the molecule is CCC(C)S(=O)(=O)S(=O)(=O)CCCCS(=O)(=O)S(=O)(=O)C(C)CC. The fraction of sp³-hybridized carbons (Fsp3) is 1.00. The molecule has 0 amide bonds. The van der Waals surface area contributed by atoms with Gasteiger partial charge >= 0.3 is 0 Å². The molecular weight excluding hydrogens is 400 g/mol. The van der Waals surface area contributed by atoms with Crippen LogP contribution in [0, 0.1) is 0 Å². The van der Waals surface area contributed by atoms with Crippen molar-refractivity contribution in [3.05, 3.63) is 0 Å². The third-order valence-corrected chi connectivity index (χ3v) is 16.7. The summed E-state index contributed by atoms with van der Waals surface area (Å²) in [6, 6.07) is 0. The van der Waals surface area contributed by atoms with Crippen LogP contribution in [0.1, 0.15) is 53.4 Å². The summed E-state index contributed by atoms with van der Waals surface area (Å²) in [5.41, 5.74) is 0. The van der Waals surface area contributed by atoms with E-state index in [0.29, 0.717) is 0 Å². The van der Waals surface area contributed by atoms with Gasteiger partial charge in [-0.25, -0.2) is 33.7 Å². The molecule has 0 aromatic rings. The minimum Gasteiger partial charge on any atom is -0.213 e. The van der Waals surface area contributed by atoms with Gasteiger partial charge in [0.05, 0.1) is 22.0 Å². The van der Waals surface area contributed by atoms with Crippen molar-refractivity contribution >= 4 is 35.5 Å². The minimum absolute atomic E-state index is 0.142. The molecular formula is C12H26O8S4. The van der Waals surface area contributed by atoms with Crippen LogP contribution in [0.25, 0.3) is 0 Å². The van der Waals surface area contributed by atoms with Crippen molar-refractivity contribution in [2.75, 3.05) is 11.5 Å². The van der Waals surface area contributed by atoms with E-state index in [4.69, 9.17) is 0 Å². The van der Waals surface area contributed by atoms with Crippen LogP contribution >= 0.6 is 0 Å². The summed E-state index contributed by atoms with van der Waals surface area (Å²) in [7, 11) is -17.5. The third-order valence-electron chi connectivity index (χ3n) is 3.88. The van der Waals surface area contributed by atoms with E-state index in [9.17, 15) is 33.7 Å². The topological polar surface area (TPSA) is 137 Å². The Morgan fingerprint density at radius 3 is 1.04 bits per heavy atom. The summed E-state index contributed by atoms with van der Waals surface area (Å²) >= 11 is 0. The van der Waals surface area contributed by atoms with Crippen LogP contribution in [-0.4, -0.2) is 55.7 Å². The van der Waals surface area contributed by atoms with Crippen molar-refractivity contribution in [2.45, 2.75) is 63.9 Å². The molecule has 24 heavy (non-hydrogen) atoms. The van der Waals surface area contributed by atoms with Gasteiger partial charge in [-0.15, -0.1) is 0 Å². The molecule has 146 valence electrons. The molecule has 0 radical (unpaired) electrons. The first-order valence-corrected chi connectivity index (χ1v) is 15.0. The summed E-state index contributed by atoms with van der Waals surface area (Å²) < 4.78 is 94.9. The summed E-state index contributed by atoms with van der Waals surface area (Å²) in [5.74, 6) is -1.45. The normalized spacial score (nSPS) is 16.7. The standard InChI is InChI=1S/C12H26O8S4/c1-5-11(3)23(17,18)21(13,14)9-7-8-10-22(15,16)24(19,20)12(4)6-2/h11-12H,5-10H2,1-4H3. The molecule has 0 aliphatic rings. The molecule has 0 rings (SSSR count). The predicted molar refractivity (Wildman–Crippen MR) is 94.2 cm³/mol. The van der Waals surface area contributed by atoms with Gasteiger partial charge in [0.25, 0.3) is 35.5 Å². The van der Waals surface area contributed by atoms with Gasteiger partial charge in [0.15, 0.2) is 0 Å². The van der Waals surface area contributed by atoms with Gasteiger partial charge in [0.2, 0.25) is 0 Å². The smallest absolute Gasteiger partial charge is 0.213 e. The maximum atomic E-state index is 11.9. The molecule has 0 fully saturated rings. The van der Waals surface area contributed by atoms with Crippen LogP contribution in [0.3, 0.4) is 0 Å². The first-order valence-electron chi connectivity index (χ1n) is 7.60. The van der Waals surface area contributed by atoms with E-state index in [1.165, 1.54) is 13.8 Å². The highest BCUT2D eigenvalue weighted by molar-refractivity contribution is 8.67. The lowest BCUT2D eigenvalue weighted by Crippen LogP contribution is -2.29. The lowest BCUT2D eigenvalue weighted by atomic mass is 10.4. The van der Waals surface area contributed by atoms with Crippen LogP contribution < -0.4 is 0 Å². The van der Waals surface area contributed by atoms with Gasteiger partial charge in [0.1, 0.15) is 0 Å². The average Bonchev–Trinajstić information content (AvgIpc) is 2.49. The molecule has 0 saturated carbocycles. The molecule has 0 saturated heterocycles. The summed E-state index contributed by atoms with van der Waals surface area (Å²) in [5, 5.41) is -2.09. The van der Waals surface area contributed by atoms with E-state index in [2.05, 4.69) is 0 Å². The lowest BCUT2D eigenvalue weighted by Gasteiger charge is -2.12. The Hall–Kier alpha value is -0.200. The average molecular weight is 427 g/mol. The third kappa shape index (κ3) is 5.15. The van der Waals surface area contributed by atoms with Crippen molar-refractivity contribution < 1.29 is 33.7 Å². The first-order chi connectivity index (χ1) is 10.7. The zero-order valence-corrected chi connectivity index (χ0v) is 17.6. The van der Waals surface area contributed by atoms with E-state index < -0.39 is 57.5 Å². The second kappa shape index (κ2) is 8.45. The van der Waals surface area contributed by atoms with Crippen LogP contribution in [-0.2, 0) is 35.5 Å². The largest absolute Gasteiger partial charge is 0.256 e. The zero-order chi connectivity index (χ0) is 19.4. The van der Waals surface area contributed by atoms with Gasteiger partial charge in [-0.05, 0) is 39.5 Å². The van der Waals surface area contributed by atoms with E-state index in [-0.39, 0.29) is 25.7 Å². The van der Waals surface area contributed by atoms with Gasteiger partial charge in [-0.2, -0.15) is 0 Å². The highest BCUT2D eigenvalue weighted by atomic mass is 33.2. The van der Waals surface area contributed by atoms with Crippen LogP contribution in [0.2, 0.25) is 0 Å². The summed E-state index contributed by atoms with van der Waals surface area (Å²) in [6.45, 7) is 5.67. The molecule has 0 heterocycles. The molecule has 8 nitrogen and oxygen atoms in total. The quantitative estimate of drug-likeness (QED) is 0.350. The van der Waals surface area contributed by atoms with Crippen molar-refractivity contribution in [1.82, 2.24) is 0 Å². The van der Waals surface area contributed by atoms with Gasteiger partial charge in [-0.3, -0.25) is 0 Å². The van der Waals surface area contributed by atoms with Gasteiger partial charge in [-0.1, -0.05) is 13.8 Å². The van der Waals surface area contributed by atoms with Crippen molar-refractivity contribution in [3.63, 3.8) is 0 Å². The molecule has 2 unspecified atom stereocenters. The number of hydrogen-bond acceptors (Lipinski definition) is 8. The van der Waals surface area contributed by atoms with E-state index in [0.717, 1.165) is 0 Å². The number of rotatable bonds is 11. The second-order valence-corrected chi connectivity index (χ2v) is 18.1. The Bertz CT molecular complexity index is 747. The van der Waals surface area contributed by atoms with Crippen molar-refractivity contribution in [3.8, 4) is 0 Å². The zero-order valence-electron chi connectivity index (χ0n) is 14.3. The molecule has 0 aromatic heterocycles. The van der Waals surface area contributed by atoms with Crippen LogP contribution in [0.4, 0.5) is 0 Å². The molecule has 12 heteroatoms. The Kier molecular flexibility index (Phi) is 8.38. The molecule has 0 spiro atoms. The van der Waals surface area contributed by atoms with Crippen LogP contribution in [0.15, 0.2) is 0 Å². The Balaban J connectivity index is 4.94. The maximum Gasteiger partial charge on any atom is 0.256 e. The van der Waals surface area contributed by atoms with Gasteiger partial charge in [0, 0.05) is 0 Å². The molecule has 0 bridgehead atoms. The molecule has 0 aliphatic heterocycles. The summed E-state index contributed by atoms with van der Waals surface area (Å²) in [6.07, 6.45) is -0.202. The number of hydrogen-bond donors (Lipinski definition) is 0. The van der Waals surface area contributed by atoms with E-state index >= 15 is 0 Å². The fourth-order valence-corrected chi connectivity index (χ4v) is 11.0. The monoisotopic (exact) mass is 426 g/mol. The van der Waals surface area contributed by atoms with Crippen molar-refractivity contribution in [1.29, 1.82) is 0 Å². The minimum atomic E-state index is -4.42. The molecule has 2 atom stereocenters. The molecule has 0 aromatic carbocycles. The fourth-order valence-electron chi connectivity index (χ4n) is 1.70. The molecule has 0 aliphatic carbocycles. The maximum absolute atomic E-state index is 11.9. The molecule has 0 N–H and O–H groups in total. The number of unbranched alkanes of at least 4 members (excludes halogenated alkanes) is 1. The van der Waals surface area contributed by atoms with Crippen LogP contribution in [0.5, 0.6) is 0 Å². The first kappa shape index (κ1) is 23.8.